The second-order valence-electron chi connectivity index (χ2n) is 3.19. The fraction of sp³-hybridized carbons (Fsp3) is 0.333. The summed E-state index contributed by atoms with van der Waals surface area (Å²) < 4.78 is 9.99. The Labute approximate surface area is 104 Å². The normalized spacial score (nSPS) is 11.1. The molecule has 0 aliphatic carbocycles. The van der Waals surface area contributed by atoms with E-state index in [0.717, 1.165) is 17.1 Å². The molecule has 1 rings (SSSR count). The first-order valence-corrected chi connectivity index (χ1v) is 6.04. The number of ether oxygens (including phenoxy) is 1. The number of hydrogen-bond donors (Lipinski definition) is 0. The summed E-state index contributed by atoms with van der Waals surface area (Å²) in [6.07, 6.45) is 1.49. The third-order valence-corrected chi connectivity index (χ3v) is 2.82. The van der Waals surface area contributed by atoms with Crippen LogP contribution in [-0.2, 0) is 9.53 Å². The van der Waals surface area contributed by atoms with Crippen LogP contribution in [0.3, 0.4) is 0 Å². The Hall–Kier alpha value is -1.67. The van der Waals surface area contributed by atoms with Crippen LogP contribution < -0.4 is 0 Å². The zero-order valence-corrected chi connectivity index (χ0v) is 10.8. The smallest absolute Gasteiger partial charge is 0.348 e. The molecule has 0 fully saturated rings. The van der Waals surface area contributed by atoms with Crippen molar-refractivity contribution in [3.8, 4) is 6.07 Å². The molecule has 0 aliphatic rings. The van der Waals surface area contributed by atoms with Gasteiger partial charge < -0.3 is 9.15 Å². The van der Waals surface area contributed by atoms with Crippen LogP contribution in [0, 0.1) is 18.3 Å². The van der Waals surface area contributed by atoms with Gasteiger partial charge in [0, 0.05) is 5.56 Å². The Morgan fingerprint density at radius 1 is 1.71 bits per heavy atom. The molecule has 0 N–H and O–H groups in total. The van der Waals surface area contributed by atoms with Crippen molar-refractivity contribution in [1.82, 2.24) is 0 Å². The number of nitriles is 1. The third kappa shape index (κ3) is 3.40. The van der Waals surface area contributed by atoms with Crippen LogP contribution in [0.25, 0.3) is 6.08 Å². The molecular formula is C12H13NO3S. The van der Waals surface area contributed by atoms with Gasteiger partial charge >= 0.3 is 5.97 Å². The van der Waals surface area contributed by atoms with Gasteiger partial charge in [-0.25, -0.2) is 4.79 Å². The van der Waals surface area contributed by atoms with E-state index in [2.05, 4.69) is 4.74 Å². The highest BCUT2D eigenvalue weighted by Gasteiger charge is 2.13. The van der Waals surface area contributed by atoms with Crippen LogP contribution in [0.1, 0.15) is 18.2 Å². The SMILES string of the molecule is CCSc1oc(C)cc1/C=C(\C#N)C(=O)OC. The number of furan rings is 1. The Kier molecular flexibility index (Phi) is 4.85. The first-order chi connectivity index (χ1) is 8.12. The lowest BCUT2D eigenvalue weighted by atomic mass is 10.2. The van der Waals surface area contributed by atoms with Crippen molar-refractivity contribution >= 4 is 23.8 Å². The molecule has 0 aromatic carbocycles. The predicted octanol–water partition coefficient (Wildman–Crippen LogP) is 2.78. The lowest BCUT2D eigenvalue weighted by Gasteiger charge is -1.97. The van der Waals surface area contributed by atoms with Gasteiger partial charge in [-0.2, -0.15) is 5.26 Å². The van der Waals surface area contributed by atoms with Gasteiger partial charge in [-0.3, -0.25) is 0 Å². The number of esters is 1. The van der Waals surface area contributed by atoms with Gasteiger partial charge in [0.05, 0.1) is 7.11 Å². The molecule has 1 aromatic rings. The van der Waals surface area contributed by atoms with E-state index in [4.69, 9.17) is 9.68 Å². The molecule has 5 heteroatoms. The monoisotopic (exact) mass is 251 g/mol. The Morgan fingerprint density at radius 3 is 2.94 bits per heavy atom. The molecule has 0 saturated heterocycles. The van der Waals surface area contributed by atoms with Crippen molar-refractivity contribution in [2.24, 2.45) is 0 Å². The van der Waals surface area contributed by atoms with Crippen molar-refractivity contribution in [1.29, 1.82) is 5.26 Å². The van der Waals surface area contributed by atoms with Crippen molar-refractivity contribution in [3.05, 3.63) is 23.0 Å². The molecule has 4 nitrogen and oxygen atoms in total. The Bertz CT molecular complexity index is 482. The van der Waals surface area contributed by atoms with E-state index in [0.29, 0.717) is 5.09 Å². The van der Waals surface area contributed by atoms with Crippen molar-refractivity contribution < 1.29 is 13.9 Å². The number of nitrogens with zero attached hydrogens (tertiary/aromatic N) is 1. The first kappa shape index (κ1) is 13.4. The van der Waals surface area contributed by atoms with Crippen LogP contribution in [0.4, 0.5) is 0 Å². The molecule has 0 amide bonds. The summed E-state index contributed by atoms with van der Waals surface area (Å²) in [5, 5.41) is 9.57. The van der Waals surface area contributed by atoms with Crippen molar-refractivity contribution in [3.63, 3.8) is 0 Å². The summed E-state index contributed by atoms with van der Waals surface area (Å²) in [4.78, 5) is 11.3. The number of carbonyl (C=O) groups excluding carboxylic acids is 1. The maximum atomic E-state index is 11.3. The second kappa shape index (κ2) is 6.16. The summed E-state index contributed by atoms with van der Waals surface area (Å²) in [5.74, 6) is 0.960. The van der Waals surface area contributed by atoms with E-state index in [1.165, 1.54) is 24.9 Å². The lowest BCUT2D eigenvalue weighted by molar-refractivity contribution is -0.135. The molecule has 0 radical (unpaired) electrons. The van der Waals surface area contributed by atoms with Gasteiger partial charge in [0.15, 0.2) is 5.09 Å². The topological polar surface area (TPSA) is 63.2 Å². The summed E-state index contributed by atoms with van der Waals surface area (Å²) in [6.45, 7) is 3.82. The Balaban J connectivity index is 3.11. The van der Waals surface area contributed by atoms with E-state index in [1.54, 1.807) is 6.07 Å². The fourth-order valence-electron chi connectivity index (χ4n) is 1.26. The molecule has 0 spiro atoms. The van der Waals surface area contributed by atoms with Gasteiger partial charge in [0.1, 0.15) is 17.4 Å². The molecule has 0 unspecified atom stereocenters. The number of methoxy groups -OCH3 is 1. The predicted molar refractivity (Wildman–Crippen MR) is 65.4 cm³/mol. The number of aryl methyl sites for hydroxylation is 1. The molecule has 17 heavy (non-hydrogen) atoms. The van der Waals surface area contributed by atoms with E-state index >= 15 is 0 Å². The number of rotatable bonds is 4. The average Bonchev–Trinajstić information content (AvgIpc) is 2.66. The van der Waals surface area contributed by atoms with Crippen LogP contribution in [0.5, 0.6) is 0 Å². The second-order valence-corrected chi connectivity index (χ2v) is 4.43. The molecule has 0 aliphatic heterocycles. The summed E-state index contributed by atoms with van der Waals surface area (Å²) >= 11 is 1.52. The minimum absolute atomic E-state index is 0.0359. The highest BCUT2D eigenvalue weighted by Crippen LogP contribution is 2.28. The van der Waals surface area contributed by atoms with E-state index in [-0.39, 0.29) is 5.57 Å². The van der Waals surface area contributed by atoms with Crippen LogP contribution in [0.15, 0.2) is 21.1 Å². The van der Waals surface area contributed by atoms with Crippen LogP contribution in [-0.4, -0.2) is 18.8 Å². The molecule has 90 valence electrons. The molecule has 0 bridgehead atoms. The highest BCUT2D eigenvalue weighted by atomic mass is 32.2. The van der Waals surface area contributed by atoms with Gasteiger partial charge in [0.25, 0.3) is 0 Å². The first-order valence-electron chi connectivity index (χ1n) is 5.05. The summed E-state index contributed by atoms with van der Waals surface area (Å²) in [5.41, 5.74) is 0.697. The largest absolute Gasteiger partial charge is 0.465 e. The third-order valence-electron chi connectivity index (χ3n) is 1.95. The van der Waals surface area contributed by atoms with Gasteiger partial charge in [-0.1, -0.05) is 18.7 Å². The molecular weight excluding hydrogens is 238 g/mol. The van der Waals surface area contributed by atoms with Crippen LogP contribution >= 0.6 is 11.8 Å². The highest BCUT2D eigenvalue weighted by molar-refractivity contribution is 7.99. The lowest BCUT2D eigenvalue weighted by Crippen LogP contribution is -2.02. The zero-order valence-electron chi connectivity index (χ0n) is 9.94. The van der Waals surface area contributed by atoms with Gasteiger partial charge in [-0.15, -0.1) is 0 Å². The van der Waals surface area contributed by atoms with E-state index in [9.17, 15) is 4.79 Å². The summed E-state index contributed by atoms with van der Waals surface area (Å²) in [6, 6.07) is 3.61. The maximum Gasteiger partial charge on any atom is 0.348 e. The fourth-order valence-corrected chi connectivity index (χ4v) is 2.00. The number of carbonyl (C=O) groups is 1. The van der Waals surface area contributed by atoms with Crippen LogP contribution in [0.2, 0.25) is 0 Å². The molecule has 0 saturated carbocycles. The van der Waals surface area contributed by atoms with Gasteiger partial charge in [0.2, 0.25) is 0 Å². The Morgan fingerprint density at radius 2 is 2.41 bits per heavy atom. The minimum atomic E-state index is -0.640. The van der Waals surface area contributed by atoms with Crippen molar-refractivity contribution in [2.75, 3.05) is 12.9 Å². The minimum Gasteiger partial charge on any atom is -0.465 e. The molecule has 1 aromatic heterocycles. The number of hydrogen-bond acceptors (Lipinski definition) is 5. The standard InChI is InChI=1S/C12H13NO3S/c1-4-17-12-9(5-8(2)16-12)6-10(7-13)11(14)15-3/h5-6H,4H2,1-3H3/b10-6+. The number of thioether (sulfide) groups is 1. The van der Waals surface area contributed by atoms with E-state index in [1.807, 2.05) is 19.9 Å². The summed E-state index contributed by atoms with van der Waals surface area (Å²) in [7, 11) is 1.25. The maximum absolute atomic E-state index is 11.3. The average molecular weight is 251 g/mol. The van der Waals surface area contributed by atoms with Crippen molar-refractivity contribution in [2.45, 2.75) is 18.9 Å². The zero-order chi connectivity index (χ0) is 12.8. The molecule has 1 heterocycles. The quantitative estimate of drug-likeness (QED) is 0.356. The molecule has 0 atom stereocenters. The van der Waals surface area contributed by atoms with E-state index < -0.39 is 5.97 Å². The van der Waals surface area contributed by atoms with Gasteiger partial charge in [-0.05, 0) is 24.8 Å².